The first-order chi connectivity index (χ1) is 9.56. The van der Waals surface area contributed by atoms with Crippen LogP contribution < -0.4 is 10.2 Å². The van der Waals surface area contributed by atoms with Gasteiger partial charge in [-0.3, -0.25) is 0 Å². The zero-order chi connectivity index (χ0) is 14.7. The summed E-state index contributed by atoms with van der Waals surface area (Å²) in [4.78, 5) is 2.43. The summed E-state index contributed by atoms with van der Waals surface area (Å²) in [6.45, 7) is 11.4. The number of halogens is 1. The average Bonchev–Trinajstić information content (AvgIpc) is 2.90. The van der Waals surface area contributed by atoms with Gasteiger partial charge in [-0.05, 0) is 56.0 Å². The summed E-state index contributed by atoms with van der Waals surface area (Å²) < 4.78 is 13.9. The molecule has 1 aromatic rings. The molecule has 2 rings (SSSR count). The molecular formula is C17H27FN2. The van der Waals surface area contributed by atoms with Crippen LogP contribution in [0, 0.1) is 18.7 Å². The van der Waals surface area contributed by atoms with Crippen LogP contribution in [0.15, 0.2) is 12.1 Å². The molecule has 1 aliphatic rings. The summed E-state index contributed by atoms with van der Waals surface area (Å²) in [6.07, 6.45) is 2.48. The molecule has 1 heterocycles. The van der Waals surface area contributed by atoms with Crippen LogP contribution in [-0.4, -0.2) is 19.6 Å². The van der Waals surface area contributed by atoms with Crippen molar-refractivity contribution in [1.82, 2.24) is 5.32 Å². The minimum Gasteiger partial charge on any atom is -0.371 e. The van der Waals surface area contributed by atoms with Gasteiger partial charge in [0.1, 0.15) is 5.82 Å². The molecule has 0 saturated carbocycles. The SMILES string of the molecule is CCNC(C)c1cc(F)c(C)cc1N1CCC(CC)C1. The fourth-order valence-electron chi connectivity index (χ4n) is 3.10. The van der Waals surface area contributed by atoms with Crippen molar-refractivity contribution in [3.8, 4) is 0 Å². The third-order valence-electron chi connectivity index (χ3n) is 4.49. The van der Waals surface area contributed by atoms with Crippen molar-refractivity contribution < 1.29 is 4.39 Å². The van der Waals surface area contributed by atoms with Gasteiger partial charge in [0.2, 0.25) is 0 Å². The number of hydrogen-bond donors (Lipinski definition) is 1. The molecule has 0 bridgehead atoms. The highest BCUT2D eigenvalue weighted by Gasteiger charge is 2.25. The van der Waals surface area contributed by atoms with Crippen LogP contribution in [0.3, 0.4) is 0 Å². The van der Waals surface area contributed by atoms with Gasteiger partial charge in [-0.25, -0.2) is 4.39 Å². The maximum absolute atomic E-state index is 13.9. The molecule has 2 unspecified atom stereocenters. The Kier molecular flexibility index (Phi) is 5.03. The van der Waals surface area contributed by atoms with Gasteiger partial charge in [0.05, 0.1) is 0 Å². The van der Waals surface area contributed by atoms with E-state index in [4.69, 9.17) is 0 Å². The Morgan fingerprint density at radius 1 is 1.40 bits per heavy atom. The Hall–Kier alpha value is -1.09. The largest absolute Gasteiger partial charge is 0.371 e. The second-order valence-corrected chi connectivity index (χ2v) is 5.95. The third kappa shape index (κ3) is 3.14. The summed E-state index contributed by atoms with van der Waals surface area (Å²) >= 11 is 0. The molecule has 1 aliphatic heterocycles. The number of anilines is 1. The van der Waals surface area contributed by atoms with E-state index in [0.717, 1.165) is 36.7 Å². The van der Waals surface area contributed by atoms with Crippen LogP contribution in [0.4, 0.5) is 10.1 Å². The first kappa shape index (κ1) is 15.3. The minimum absolute atomic E-state index is 0.0975. The number of benzene rings is 1. The Bertz CT molecular complexity index is 459. The second kappa shape index (κ2) is 6.57. The molecule has 112 valence electrons. The van der Waals surface area contributed by atoms with Crippen LogP contribution >= 0.6 is 0 Å². The van der Waals surface area contributed by atoms with Crippen molar-refractivity contribution >= 4 is 5.69 Å². The molecule has 3 heteroatoms. The smallest absolute Gasteiger partial charge is 0.126 e. The first-order valence-electron chi connectivity index (χ1n) is 7.85. The highest BCUT2D eigenvalue weighted by atomic mass is 19.1. The Balaban J connectivity index is 2.32. The lowest BCUT2D eigenvalue weighted by Gasteiger charge is -2.26. The minimum atomic E-state index is -0.0975. The zero-order valence-electron chi connectivity index (χ0n) is 13.2. The number of rotatable bonds is 5. The summed E-state index contributed by atoms with van der Waals surface area (Å²) in [5.41, 5.74) is 3.05. The van der Waals surface area contributed by atoms with Gasteiger partial charge in [-0.1, -0.05) is 20.3 Å². The fourth-order valence-corrected chi connectivity index (χ4v) is 3.10. The van der Waals surface area contributed by atoms with Crippen molar-refractivity contribution in [2.45, 2.75) is 46.6 Å². The van der Waals surface area contributed by atoms with Crippen LogP contribution in [0.25, 0.3) is 0 Å². The quantitative estimate of drug-likeness (QED) is 0.874. The molecule has 1 saturated heterocycles. The molecule has 1 fully saturated rings. The van der Waals surface area contributed by atoms with Gasteiger partial charge in [-0.15, -0.1) is 0 Å². The van der Waals surface area contributed by atoms with E-state index in [1.807, 2.05) is 13.0 Å². The molecule has 0 aliphatic carbocycles. The van der Waals surface area contributed by atoms with Crippen molar-refractivity contribution in [2.24, 2.45) is 5.92 Å². The molecule has 2 atom stereocenters. The number of nitrogens with zero attached hydrogens (tertiary/aromatic N) is 1. The van der Waals surface area contributed by atoms with Crippen LogP contribution in [0.2, 0.25) is 0 Å². The van der Waals surface area contributed by atoms with Crippen LogP contribution in [0.1, 0.15) is 50.8 Å². The van der Waals surface area contributed by atoms with Crippen molar-refractivity contribution in [1.29, 1.82) is 0 Å². The Morgan fingerprint density at radius 3 is 2.75 bits per heavy atom. The summed E-state index contributed by atoms with van der Waals surface area (Å²) in [5, 5.41) is 3.40. The Morgan fingerprint density at radius 2 is 2.15 bits per heavy atom. The lowest BCUT2D eigenvalue weighted by atomic mass is 10.0. The van der Waals surface area contributed by atoms with Crippen molar-refractivity contribution in [3.05, 3.63) is 29.1 Å². The molecule has 0 spiro atoms. The highest BCUT2D eigenvalue weighted by Crippen LogP contribution is 2.33. The van der Waals surface area contributed by atoms with E-state index >= 15 is 0 Å². The average molecular weight is 278 g/mol. The Labute approximate surface area is 122 Å². The standard InChI is InChI=1S/C17H27FN2/c1-5-14-7-8-20(11-14)17-9-12(3)16(18)10-15(17)13(4)19-6-2/h9-10,13-14,19H,5-8,11H2,1-4H3. The first-order valence-corrected chi connectivity index (χ1v) is 7.85. The van der Waals surface area contributed by atoms with Gasteiger partial charge < -0.3 is 10.2 Å². The maximum Gasteiger partial charge on any atom is 0.126 e. The van der Waals surface area contributed by atoms with E-state index < -0.39 is 0 Å². The van der Waals surface area contributed by atoms with Gasteiger partial charge >= 0.3 is 0 Å². The molecule has 2 nitrogen and oxygen atoms in total. The summed E-state index contributed by atoms with van der Waals surface area (Å²) in [7, 11) is 0. The normalized spacial score (nSPS) is 20.4. The maximum atomic E-state index is 13.9. The van der Waals surface area contributed by atoms with Gasteiger partial charge in [0.15, 0.2) is 0 Å². The van der Waals surface area contributed by atoms with Gasteiger partial charge in [0, 0.05) is 24.8 Å². The monoisotopic (exact) mass is 278 g/mol. The molecular weight excluding hydrogens is 251 g/mol. The van der Waals surface area contributed by atoms with E-state index in [9.17, 15) is 4.39 Å². The van der Waals surface area contributed by atoms with E-state index in [1.165, 1.54) is 18.5 Å². The molecule has 0 radical (unpaired) electrons. The van der Waals surface area contributed by atoms with Crippen LogP contribution in [-0.2, 0) is 0 Å². The van der Waals surface area contributed by atoms with E-state index in [2.05, 4.69) is 31.0 Å². The van der Waals surface area contributed by atoms with Crippen molar-refractivity contribution in [3.63, 3.8) is 0 Å². The predicted molar refractivity (Wildman–Crippen MR) is 83.8 cm³/mol. The lowest BCUT2D eigenvalue weighted by molar-refractivity contribution is 0.565. The van der Waals surface area contributed by atoms with Crippen molar-refractivity contribution in [2.75, 3.05) is 24.5 Å². The topological polar surface area (TPSA) is 15.3 Å². The fraction of sp³-hybridized carbons (Fsp3) is 0.647. The number of aryl methyl sites for hydroxylation is 1. The molecule has 1 aromatic carbocycles. The number of nitrogens with one attached hydrogen (secondary N) is 1. The number of hydrogen-bond acceptors (Lipinski definition) is 2. The third-order valence-corrected chi connectivity index (χ3v) is 4.49. The van der Waals surface area contributed by atoms with E-state index in [1.54, 1.807) is 6.07 Å². The van der Waals surface area contributed by atoms with E-state index in [0.29, 0.717) is 0 Å². The molecule has 1 N–H and O–H groups in total. The van der Waals surface area contributed by atoms with Gasteiger partial charge in [-0.2, -0.15) is 0 Å². The molecule has 20 heavy (non-hydrogen) atoms. The zero-order valence-corrected chi connectivity index (χ0v) is 13.2. The lowest BCUT2D eigenvalue weighted by Crippen LogP contribution is -2.25. The highest BCUT2D eigenvalue weighted by molar-refractivity contribution is 5.57. The summed E-state index contributed by atoms with van der Waals surface area (Å²) in [6, 6.07) is 3.93. The second-order valence-electron chi connectivity index (χ2n) is 5.95. The van der Waals surface area contributed by atoms with E-state index in [-0.39, 0.29) is 11.9 Å². The van der Waals surface area contributed by atoms with Crippen LogP contribution in [0.5, 0.6) is 0 Å². The predicted octanol–water partition coefficient (Wildman–Crippen LogP) is 4.04. The summed E-state index contributed by atoms with van der Waals surface area (Å²) in [5.74, 6) is 0.683. The molecule has 0 amide bonds. The van der Waals surface area contributed by atoms with Gasteiger partial charge in [0.25, 0.3) is 0 Å². The molecule has 0 aromatic heterocycles.